The van der Waals surface area contributed by atoms with E-state index in [1.165, 1.54) is 6.07 Å². The van der Waals surface area contributed by atoms with E-state index < -0.39 is 40.7 Å². The third kappa shape index (κ3) is 4.24. The van der Waals surface area contributed by atoms with Gasteiger partial charge in [0.2, 0.25) is 5.91 Å². The van der Waals surface area contributed by atoms with E-state index in [-0.39, 0.29) is 18.0 Å². The Morgan fingerprint density at radius 3 is 2.88 bits per heavy atom. The van der Waals surface area contributed by atoms with Crippen molar-refractivity contribution in [2.24, 2.45) is 5.92 Å². The van der Waals surface area contributed by atoms with Gasteiger partial charge in [0.1, 0.15) is 22.7 Å². The first-order valence-electron chi connectivity index (χ1n) is 8.51. The molecular weight excluding hydrogens is 368 g/mol. The molecule has 0 spiro atoms. The van der Waals surface area contributed by atoms with E-state index >= 15 is 0 Å². The Labute approximate surface area is 154 Å². The van der Waals surface area contributed by atoms with Gasteiger partial charge in [-0.25, -0.2) is 13.6 Å². The Morgan fingerprint density at radius 2 is 2.23 bits per heavy atom. The molecule has 2 saturated heterocycles. The summed E-state index contributed by atoms with van der Waals surface area (Å²) < 4.78 is 33.5. The van der Waals surface area contributed by atoms with Gasteiger partial charge in [0.15, 0.2) is 0 Å². The molecule has 3 atom stereocenters. The van der Waals surface area contributed by atoms with Crippen molar-refractivity contribution in [1.82, 2.24) is 16.0 Å². The monoisotopic (exact) mass is 387 g/mol. The van der Waals surface area contributed by atoms with Gasteiger partial charge in [-0.15, -0.1) is 0 Å². The van der Waals surface area contributed by atoms with E-state index in [0.29, 0.717) is 19.6 Å². The molecule has 0 aromatic heterocycles. The molecule has 2 fully saturated rings. The zero-order valence-electron chi connectivity index (χ0n) is 14.0. The number of hydrogen-bond acceptors (Lipinski definition) is 3. The van der Waals surface area contributed by atoms with E-state index in [1.807, 2.05) is 0 Å². The Bertz CT molecular complexity index is 698. The second-order valence-corrected chi connectivity index (χ2v) is 6.93. The highest BCUT2D eigenvalue weighted by Crippen LogP contribution is 2.31. The molecule has 0 aliphatic carbocycles. The standard InChI is InChI=1S/C17H20ClF2N3O3/c18-14-11(19)4-3-10(15(14)20)12(6-9-2-1-5-26-8-9)22-16(24)13-7-21-17(25)23-13/h3-4,9,12-13H,1-2,5-8H2,(H,22,24)(H2,21,23,25)/t9?,12-,13?/m0/s1. The van der Waals surface area contributed by atoms with Crippen LogP contribution in [0.15, 0.2) is 12.1 Å². The largest absolute Gasteiger partial charge is 0.381 e. The molecule has 2 unspecified atom stereocenters. The van der Waals surface area contributed by atoms with E-state index in [9.17, 15) is 18.4 Å². The highest BCUT2D eigenvalue weighted by Gasteiger charge is 2.31. The number of nitrogens with one attached hydrogen (secondary N) is 3. The molecule has 9 heteroatoms. The number of benzene rings is 1. The van der Waals surface area contributed by atoms with Crippen molar-refractivity contribution in [2.75, 3.05) is 19.8 Å². The van der Waals surface area contributed by atoms with E-state index in [4.69, 9.17) is 16.3 Å². The summed E-state index contributed by atoms with van der Waals surface area (Å²) in [5, 5.41) is 7.14. The summed E-state index contributed by atoms with van der Waals surface area (Å²) >= 11 is 5.70. The third-order valence-electron chi connectivity index (χ3n) is 4.67. The quantitative estimate of drug-likeness (QED) is 0.678. The Kier molecular flexibility index (Phi) is 5.93. The van der Waals surface area contributed by atoms with Crippen LogP contribution in [-0.2, 0) is 9.53 Å². The van der Waals surface area contributed by atoms with Crippen LogP contribution in [0.2, 0.25) is 5.02 Å². The number of halogens is 3. The average molecular weight is 388 g/mol. The molecule has 3 rings (SSSR count). The summed E-state index contributed by atoms with van der Waals surface area (Å²) in [6.45, 7) is 1.35. The van der Waals surface area contributed by atoms with Gasteiger partial charge in [0.05, 0.1) is 6.04 Å². The SMILES string of the molecule is O=C1NCC(C(=O)N[C@@H](CC2CCCOC2)c2ccc(F)c(Cl)c2F)N1. The van der Waals surface area contributed by atoms with Crippen LogP contribution in [0.4, 0.5) is 13.6 Å². The molecule has 3 N–H and O–H groups in total. The average Bonchev–Trinajstić information content (AvgIpc) is 3.07. The number of urea groups is 1. The Morgan fingerprint density at radius 1 is 1.42 bits per heavy atom. The molecule has 2 aliphatic rings. The summed E-state index contributed by atoms with van der Waals surface area (Å²) in [5.74, 6) is -2.05. The third-order valence-corrected chi connectivity index (χ3v) is 5.02. The van der Waals surface area contributed by atoms with Gasteiger partial charge < -0.3 is 20.7 Å². The van der Waals surface area contributed by atoms with Gasteiger partial charge in [-0.3, -0.25) is 4.79 Å². The minimum Gasteiger partial charge on any atom is -0.381 e. The van der Waals surface area contributed by atoms with Crippen LogP contribution in [-0.4, -0.2) is 37.7 Å². The maximum absolute atomic E-state index is 14.5. The minimum absolute atomic E-state index is 0.118. The summed E-state index contributed by atoms with van der Waals surface area (Å²) in [4.78, 5) is 23.7. The van der Waals surface area contributed by atoms with Crippen molar-refractivity contribution in [3.63, 3.8) is 0 Å². The lowest BCUT2D eigenvalue weighted by atomic mass is 9.90. The summed E-state index contributed by atoms with van der Waals surface area (Å²) in [5.41, 5.74) is 0.118. The number of hydrogen-bond donors (Lipinski definition) is 3. The maximum atomic E-state index is 14.5. The topological polar surface area (TPSA) is 79.5 Å². The second kappa shape index (κ2) is 8.18. The van der Waals surface area contributed by atoms with Crippen molar-refractivity contribution in [3.8, 4) is 0 Å². The van der Waals surface area contributed by atoms with E-state index in [0.717, 1.165) is 18.9 Å². The molecule has 0 saturated carbocycles. The molecule has 1 aromatic carbocycles. The maximum Gasteiger partial charge on any atom is 0.315 e. The summed E-state index contributed by atoms with van der Waals surface area (Å²) in [6, 6.07) is 0.488. The van der Waals surface area contributed by atoms with Crippen LogP contribution in [0.3, 0.4) is 0 Å². The number of carbonyl (C=O) groups is 2. The first kappa shape index (κ1) is 18.8. The molecule has 142 valence electrons. The van der Waals surface area contributed by atoms with Crippen LogP contribution in [0.1, 0.15) is 30.9 Å². The zero-order valence-corrected chi connectivity index (χ0v) is 14.7. The van der Waals surface area contributed by atoms with Gasteiger partial charge in [0.25, 0.3) is 0 Å². The fourth-order valence-electron chi connectivity index (χ4n) is 3.29. The van der Waals surface area contributed by atoms with Gasteiger partial charge in [-0.1, -0.05) is 17.7 Å². The van der Waals surface area contributed by atoms with Crippen molar-refractivity contribution < 1.29 is 23.1 Å². The van der Waals surface area contributed by atoms with Gasteiger partial charge in [-0.05, 0) is 31.2 Å². The lowest BCUT2D eigenvalue weighted by molar-refractivity contribution is -0.123. The normalized spacial score (nSPS) is 23.9. The molecule has 1 aromatic rings. The van der Waals surface area contributed by atoms with Crippen molar-refractivity contribution in [1.29, 1.82) is 0 Å². The van der Waals surface area contributed by atoms with E-state index in [1.54, 1.807) is 0 Å². The molecular formula is C17H20ClF2N3O3. The number of rotatable bonds is 5. The van der Waals surface area contributed by atoms with Crippen LogP contribution in [0.25, 0.3) is 0 Å². The highest BCUT2D eigenvalue weighted by molar-refractivity contribution is 6.31. The lowest BCUT2D eigenvalue weighted by Crippen LogP contribution is -2.45. The van der Waals surface area contributed by atoms with Crippen molar-refractivity contribution in [2.45, 2.75) is 31.3 Å². The van der Waals surface area contributed by atoms with Crippen LogP contribution >= 0.6 is 11.6 Å². The smallest absolute Gasteiger partial charge is 0.315 e. The minimum atomic E-state index is -0.887. The van der Waals surface area contributed by atoms with Gasteiger partial charge in [0, 0.05) is 25.3 Å². The van der Waals surface area contributed by atoms with Crippen LogP contribution in [0.5, 0.6) is 0 Å². The van der Waals surface area contributed by atoms with Crippen LogP contribution in [0, 0.1) is 17.6 Å². The number of amides is 3. The second-order valence-electron chi connectivity index (χ2n) is 6.55. The molecule has 2 aliphatic heterocycles. The summed E-state index contributed by atoms with van der Waals surface area (Å²) in [7, 11) is 0. The number of carbonyl (C=O) groups excluding carboxylic acids is 2. The molecule has 0 bridgehead atoms. The predicted molar refractivity (Wildman–Crippen MR) is 90.7 cm³/mol. The molecule has 0 radical (unpaired) electrons. The zero-order chi connectivity index (χ0) is 18.7. The summed E-state index contributed by atoms with van der Waals surface area (Å²) in [6.07, 6.45) is 2.21. The Hall–Kier alpha value is -1.93. The molecule has 6 nitrogen and oxygen atoms in total. The number of ether oxygens (including phenoxy) is 1. The molecule has 2 heterocycles. The van der Waals surface area contributed by atoms with Crippen molar-refractivity contribution in [3.05, 3.63) is 34.4 Å². The fraction of sp³-hybridized carbons (Fsp3) is 0.529. The Balaban J connectivity index is 1.80. The predicted octanol–water partition coefficient (Wildman–Crippen LogP) is 2.27. The molecule has 26 heavy (non-hydrogen) atoms. The first-order chi connectivity index (χ1) is 12.5. The first-order valence-corrected chi connectivity index (χ1v) is 8.89. The van der Waals surface area contributed by atoms with Crippen LogP contribution < -0.4 is 16.0 Å². The van der Waals surface area contributed by atoms with Gasteiger partial charge in [-0.2, -0.15) is 0 Å². The van der Waals surface area contributed by atoms with Gasteiger partial charge >= 0.3 is 6.03 Å². The highest BCUT2D eigenvalue weighted by atomic mass is 35.5. The van der Waals surface area contributed by atoms with Crippen molar-refractivity contribution >= 4 is 23.5 Å². The van der Waals surface area contributed by atoms with E-state index in [2.05, 4.69) is 16.0 Å². The lowest BCUT2D eigenvalue weighted by Gasteiger charge is -2.28. The fourth-order valence-corrected chi connectivity index (χ4v) is 3.46. The molecule has 3 amide bonds.